The Kier molecular flexibility index (Phi) is 6.84. The van der Waals surface area contributed by atoms with Gasteiger partial charge in [-0.15, -0.1) is 0 Å². The van der Waals surface area contributed by atoms with E-state index >= 15 is 0 Å². The molecule has 0 fully saturated rings. The van der Waals surface area contributed by atoms with E-state index < -0.39 is 27.9 Å². The van der Waals surface area contributed by atoms with Crippen molar-refractivity contribution in [1.29, 1.82) is 0 Å². The third-order valence-corrected chi connectivity index (χ3v) is 8.09. The number of hydrogen-bond donors (Lipinski definition) is 2. The minimum absolute atomic E-state index is 0.174. The Bertz CT molecular complexity index is 1340. The lowest BCUT2D eigenvalue weighted by Gasteiger charge is -2.36. The Morgan fingerprint density at radius 2 is 1.65 bits per heavy atom. The number of fused-ring (bicyclic) bond motifs is 1. The number of benzene rings is 3. The molecule has 1 aliphatic heterocycles. The van der Waals surface area contributed by atoms with Gasteiger partial charge in [0, 0.05) is 16.6 Å². The first-order valence-electron chi connectivity index (χ1n) is 10.4. The molecule has 2 amide bonds. The second-order valence-corrected chi connectivity index (χ2v) is 10.4. The molecule has 1 atom stereocenters. The molecule has 0 spiro atoms. The van der Waals surface area contributed by atoms with Crippen LogP contribution in [0, 0.1) is 6.92 Å². The minimum atomic E-state index is -4.31. The molecule has 3 aromatic carbocycles. The summed E-state index contributed by atoms with van der Waals surface area (Å²) in [5.41, 5.74) is 1.98. The fraction of sp³-hybridized carbons (Fsp3) is 0.167. The highest BCUT2D eigenvalue weighted by molar-refractivity contribution is 7.93. The van der Waals surface area contributed by atoms with Gasteiger partial charge in [0.05, 0.1) is 22.7 Å². The van der Waals surface area contributed by atoms with Crippen molar-refractivity contribution in [3.05, 3.63) is 87.9 Å². The maximum atomic E-state index is 13.8. The summed E-state index contributed by atoms with van der Waals surface area (Å²) in [4.78, 5) is 25.6. The molecule has 7 nitrogen and oxygen atoms in total. The summed E-state index contributed by atoms with van der Waals surface area (Å²) in [7, 11) is -4.31. The molecule has 0 saturated carbocycles. The average molecular weight is 518 g/mol. The van der Waals surface area contributed by atoms with Gasteiger partial charge in [-0.2, -0.15) is 0 Å². The highest BCUT2D eigenvalue weighted by Gasteiger charge is 2.42. The monoisotopic (exact) mass is 517 g/mol. The van der Waals surface area contributed by atoms with Gasteiger partial charge in [-0.25, -0.2) is 8.42 Å². The van der Waals surface area contributed by atoms with Gasteiger partial charge in [0.2, 0.25) is 11.8 Å². The van der Waals surface area contributed by atoms with Crippen molar-refractivity contribution in [2.24, 2.45) is 0 Å². The number of amides is 2. The Morgan fingerprint density at radius 1 is 1.03 bits per heavy atom. The fourth-order valence-electron chi connectivity index (χ4n) is 3.66. The van der Waals surface area contributed by atoms with Gasteiger partial charge in [0.25, 0.3) is 10.0 Å². The molecular weight excluding hydrogens is 497 g/mol. The molecule has 0 aromatic heterocycles. The Hall–Kier alpha value is -3.07. The summed E-state index contributed by atoms with van der Waals surface area (Å²) < 4.78 is 28.5. The largest absolute Gasteiger partial charge is 0.352 e. The molecule has 0 aliphatic carbocycles. The van der Waals surface area contributed by atoms with Gasteiger partial charge in [-0.1, -0.05) is 65.7 Å². The molecule has 0 bridgehead atoms. The van der Waals surface area contributed by atoms with Crippen LogP contribution in [0.1, 0.15) is 17.5 Å². The zero-order valence-corrected chi connectivity index (χ0v) is 20.4. The maximum Gasteiger partial charge on any atom is 0.265 e. The first-order chi connectivity index (χ1) is 16.2. The summed E-state index contributed by atoms with van der Waals surface area (Å²) in [6, 6.07) is 17.0. The Labute approximate surface area is 207 Å². The number of para-hydroxylation sites is 2. The lowest BCUT2D eigenvalue weighted by Crippen LogP contribution is -2.52. The van der Waals surface area contributed by atoms with E-state index in [9.17, 15) is 18.0 Å². The van der Waals surface area contributed by atoms with E-state index in [1.165, 1.54) is 12.1 Å². The summed E-state index contributed by atoms with van der Waals surface area (Å²) in [5.74, 6) is -1.08. The number of nitrogens with one attached hydrogen (secondary N) is 2. The zero-order valence-electron chi connectivity index (χ0n) is 18.1. The van der Waals surface area contributed by atoms with E-state index in [1.54, 1.807) is 31.2 Å². The fourth-order valence-corrected chi connectivity index (χ4v) is 5.96. The van der Waals surface area contributed by atoms with Crippen molar-refractivity contribution in [2.45, 2.75) is 30.8 Å². The Balaban J connectivity index is 1.70. The predicted molar refractivity (Wildman–Crippen MR) is 133 cm³/mol. The third-order valence-electron chi connectivity index (χ3n) is 5.51. The SMILES string of the molecule is Cc1c(Cl)cc(S(=O)(=O)N2c3ccccc3NC(=O)C2CC(=O)NCc2ccccc2)cc1Cl. The highest BCUT2D eigenvalue weighted by Crippen LogP contribution is 2.38. The quantitative estimate of drug-likeness (QED) is 0.502. The normalized spacial score (nSPS) is 15.4. The van der Waals surface area contributed by atoms with Gasteiger partial charge in [0.15, 0.2) is 0 Å². The van der Waals surface area contributed by atoms with Gasteiger partial charge in [0.1, 0.15) is 6.04 Å². The molecule has 1 aliphatic rings. The van der Waals surface area contributed by atoms with Gasteiger partial charge in [-0.05, 0) is 42.3 Å². The van der Waals surface area contributed by atoms with E-state index in [0.717, 1.165) is 9.87 Å². The van der Waals surface area contributed by atoms with Crippen LogP contribution < -0.4 is 14.9 Å². The van der Waals surface area contributed by atoms with Crippen LogP contribution in [0.5, 0.6) is 0 Å². The average Bonchev–Trinajstić information content (AvgIpc) is 2.81. The van der Waals surface area contributed by atoms with Gasteiger partial charge >= 0.3 is 0 Å². The standard InChI is InChI=1S/C24H21Cl2N3O4S/c1-15-18(25)11-17(12-19(15)26)34(32,33)29-21-10-6-5-9-20(21)28-24(31)22(29)13-23(30)27-14-16-7-3-2-4-8-16/h2-12,22H,13-14H2,1H3,(H,27,30)(H,28,31). The molecule has 2 N–H and O–H groups in total. The van der Waals surface area contributed by atoms with Crippen molar-refractivity contribution in [3.8, 4) is 0 Å². The number of hydrogen-bond acceptors (Lipinski definition) is 4. The topological polar surface area (TPSA) is 95.6 Å². The Morgan fingerprint density at radius 3 is 2.32 bits per heavy atom. The van der Waals surface area contributed by atoms with E-state index in [4.69, 9.17) is 23.2 Å². The predicted octanol–water partition coefficient (Wildman–Crippen LogP) is 4.52. The number of sulfonamides is 1. The maximum absolute atomic E-state index is 13.8. The molecule has 4 rings (SSSR count). The van der Waals surface area contributed by atoms with Crippen LogP contribution in [0.15, 0.2) is 71.6 Å². The second kappa shape index (κ2) is 9.66. The number of rotatable bonds is 6. The third kappa shape index (κ3) is 4.75. The van der Waals surface area contributed by atoms with E-state index in [2.05, 4.69) is 10.6 Å². The molecule has 0 radical (unpaired) electrons. The van der Waals surface area contributed by atoms with Crippen LogP contribution in [0.2, 0.25) is 10.0 Å². The van der Waals surface area contributed by atoms with Crippen molar-refractivity contribution in [1.82, 2.24) is 5.32 Å². The molecule has 3 aromatic rings. The van der Waals surface area contributed by atoms with Gasteiger partial charge in [-0.3, -0.25) is 13.9 Å². The summed E-state index contributed by atoms with van der Waals surface area (Å²) in [6.07, 6.45) is -0.375. The number of carbonyl (C=O) groups excluding carboxylic acids is 2. The van der Waals surface area contributed by atoms with E-state index in [0.29, 0.717) is 11.3 Å². The van der Waals surface area contributed by atoms with Crippen molar-refractivity contribution >= 4 is 56.4 Å². The smallest absolute Gasteiger partial charge is 0.265 e. The number of nitrogens with zero attached hydrogens (tertiary/aromatic N) is 1. The molecule has 10 heteroatoms. The lowest BCUT2D eigenvalue weighted by molar-refractivity contribution is -0.125. The summed E-state index contributed by atoms with van der Waals surface area (Å²) >= 11 is 12.4. The molecule has 34 heavy (non-hydrogen) atoms. The summed E-state index contributed by atoms with van der Waals surface area (Å²) in [5, 5.41) is 5.80. The molecule has 176 valence electrons. The van der Waals surface area contributed by atoms with E-state index in [1.807, 2.05) is 30.3 Å². The van der Waals surface area contributed by atoms with Crippen molar-refractivity contribution < 1.29 is 18.0 Å². The molecular formula is C24H21Cl2N3O4S. The minimum Gasteiger partial charge on any atom is -0.352 e. The van der Waals surface area contributed by atoms with Crippen LogP contribution in [0.3, 0.4) is 0 Å². The van der Waals surface area contributed by atoms with Crippen molar-refractivity contribution in [3.63, 3.8) is 0 Å². The van der Waals surface area contributed by atoms with Crippen LogP contribution in [-0.2, 0) is 26.2 Å². The van der Waals surface area contributed by atoms with Crippen LogP contribution >= 0.6 is 23.2 Å². The lowest BCUT2D eigenvalue weighted by atomic mass is 10.1. The van der Waals surface area contributed by atoms with Crippen LogP contribution in [0.4, 0.5) is 11.4 Å². The second-order valence-electron chi connectivity index (χ2n) is 7.80. The van der Waals surface area contributed by atoms with E-state index in [-0.39, 0.29) is 33.6 Å². The molecule has 1 heterocycles. The number of halogens is 2. The first kappa shape index (κ1) is 24.1. The molecule has 0 saturated heterocycles. The van der Waals surface area contributed by atoms with Gasteiger partial charge < -0.3 is 10.6 Å². The zero-order chi connectivity index (χ0) is 24.5. The number of anilines is 2. The number of carbonyl (C=O) groups is 2. The first-order valence-corrected chi connectivity index (χ1v) is 12.6. The van der Waals surface area contributed by atoms with Crippen LogP contribution in [-0.4, -0.2) is 26.3 Å². The molecule has 1 unspecified atom stereocenters. The van der Waals surface area contributed by atoms with Crippen LogP contribution in [0.25, 0.3) is 0 Å². The van der Waals surface area contributed by atoms with Crippen molar-refractivity contribution in [2.75, 3.05) is 9.62 Å². The highest BCUT2D eigenvalue weighted by atomic mass is 35.5. The summed E-state index contributed by atoms with van der Waals surface area (Å²) in [6.45, 7) is 1.92.